The van der Waals surface area contributed by atoms with Crippen molar-refractivity contribution in [2.75, 3.05) is 0 Å². The van der Waals surface area contributed by atoms with Crippen molar-refractivity contribution in [1.29, 1.82) is 0 Å². The van der Waals surface area contributed by atoms with E-state index in [1.807, 2.05) is 13.8 Å². The van der Waals surface area contributed by atoms with Crippen LogP contribution in [0.1, 0.15) is 35.3 Å². The Balaban J connectivity index is 3.13. The van der Waals surface area contributed by atoms with Gasteiger partial charge in [0.2, 0.25) is 0 Å². The summed E-state index contributed by atoms with van der Waals surface area (Å²) in [5, 5.41) is 2.66. The second-order valence-corrected chi connectivity index (χ2v) is 4.02. The van der Waals surface area contributed by atoms with E-state index in [4.69, 9.17) is 0 Å². The Labute approximate surface area is 95.2 Å². The van der Waals surface area contributed by atoms with Crippen molar-refractivity contribution in [3.63, 3.8) is 0 Å². The fourth-order valence-corrected chi connectivity index (χ4v) is 1.42. The zero-order valence-electron chi connectivity index (χ0n) is 9.80. The van der Waals surface area contributed by atoms with Crippen molar-refractivity contribution in [3.8, 4) is 0 Å². The molecule has 0 radical (unpaired) electrons. The lowest BCUT2D eigenvalue weighted by Crippen LogP contribution is -2.30. The van der Waals surface area contributed by atoms with Crippen LogP contribution in [0.4, 0.5) is 4.39 Å². The molecular weight excluding hydrogens is 205 g/mol. The van der Waals surface area contributed by atoms with Gasteiger partial charge in [-0.05, 0) is 44.0 Å². The SMILES string of the molecule is C=Cc1cc(C(=O)NC(C)C)c(F)cc1C. The van der Waals surface area contributed by atoms with Gasteiger partial charge < -0.3 is 5.32 Å². The summed E-state index contributed by atoms with van der Waals surface area (Å²) in [5.74, 6) is -0.892. The molecule has 1 N–H and O–H groups in total. The molecular formula is C13H16FNO. The van der Waals surface area contributed by atoms with Gasteiger partial charge in [-0.1, -0.05) is 12.7 Å². The maximum absolute atomic E-state index is 13.6. The summed E-state index contributed by atoms with van der Waals surface area (Å²) >= 11 is 0. The monoisotopic (exact) mass is 221 g/mol. The van der Waals surface area contributed by atoms with E-state index in [1.165, 1.54) is 12.1 Å². The number of hydrogen-bond donors (Lipinski definition) is 1. The molecule has 2 nitrogen and oxygen atoms in total. The standard InChI is InChI=1S/C13H16FNO/c1-5-10-7-11(12(14)6-9(10)4)13(16)15-8(2)3/h5-8H,1H2,2-4H3,(H,15,16). The molecule has 0 unspecified atom stereocenters. The zero-order valence-corrected chi connectivity index (χ0v) is 9.80. The Bertz CT molecular complexity index is 424. The summed E-state index contributed by atoms with van der Waals surface area (Å²) in [4.78, 5) is 11.7. The Morgan fingerprint density at radius 2 is 2.12 bits per heavy atom. The van der Waals surface area contributed by atoms with Crippen LogP contribution in [0.3, 0.4) is 0 Å². The van der Waals surface area contributed by atoms with Gasteiger partial charge >= 0.3 is 0 Å². The van der Waals surface area contributed by atoms with Crippen molar-refractivity contribution in [2.45, 2.75) is 26.8 Å². The molecule has 0 aliphatic carbocycles. The van der Waals surface area contributed by atoms with Crippen LogP contribution in [0.25, 0.3) is 6.08 Å². The highest BCUT2D eigenvalue weighted by molar-refractivity contribution is 5.95. The first kappa shape index (κ1) is 12.4. The Hall–Kier alpha value is -1.64. The minimum absolute atomic E-state index is 0.0135. The number of carbonyl (C=O) groups is 1. The molecule has 16 heavy (non-hydrogen) atoms. The first-order chi connectivity index (χ1) is 7.45. The van der Waals surface area contributed by atoms with Gasteiger partial charge in [-0.3, -0.25) is 4.79 Å². The Morgan fingerprint density at radius 1 is 1.50 bits per heavy atom. The number of amides is 1. The third kappa shape index (κ3) is 2.69. The van der Waals surface area contributed by atoms with E-state index in [0.717, 1.165) is 11.1 Å². The normalized spacial score (nSPS) is 10.3. The van der Waals surface area contributed by atoms with Crippen LogP contribution in [0.15, 0.2) is 18.7 Å². The fourth-order valence-electron chi connectivity index (χ4n) is 1.42. The quantitative estimate of drug-likeness (QED) is 0.835. The van der Waals surface area contributed by atoms with Gasteiger partial charge in [0.15, 0.2) is 0 Å². The van der Waals surface area contributed by atoms with Crippen molar-refractivity contribution in [3.05, 3.63) is 41.2 Å². The molecule has 0 aromatic heterocycles. The molecule has 0 heterocycles. The molecule has 0 aliphatic heterocycles. The van der Waals surface area contributed by atoms with Crippen molar-refractivity contribution in [1.82, 2.24) is 5.32 Å². The lowest BCUT2D eigenvalue weighted by molar-refractivity contribution is 0.0939. The van der Waals surface area contributed by atoms with Crippen LogP contribution < -0.4 is 5.32 Å². The summed E-state index contributed by atoms with van der Waals surface area (Å²) < 4.78 is 13.6. The van der Waals surface area contributed by atoms with Gasteiger partial charge in [0.1, 0.15) is 5.82 Å². The molecule has 0 bridgehead atoms. The number of benzene rings is 1. The molecule has 86 valence electrons. The minimum Gasteiger partial charge on any atom is -0.350 e. The summed E-state index contributed by atoms with van der Waals surface area (Å²) in [7, 11) is 0. The van der Waals surface area contributed by atoms with E-state index in [9.17, 15) is 9.18 Å². The van der Waals surface area contributed by atoms with Crippen molar-refractivity contribution < 1.29 is 9.18 Å². The van der Waals surface area contributed by atoms with E-state index in [-0.39, 0.29) is 11.6 Å². The van der Waals surface area contributed by atoms with Crippen LogP contribution in [-0.2, 0) is 0 Å². The molecule has 0 saturated heterocycles. The van der Waals surface area contributed by atoms with E-state index < -0.39 is 11.7 Å². The third-order valence-electron chi connectivity index (χ3n) is 2.24. The van der Waals surface area contributed by atoms with Crippen molar-refractivity contribution >= 4 is 12.0 Å². The zero-order chi connectivity index (χ0) is 12.3. The van der Waals surface area contributed by atoms with Crippen LogP contribution in [0, 0.1) is 12.7 Å². The molecule has 0 fully saturated rings. The van der Waals surface area contributed by atoms with Gasteiger partial charge in [0.25, 0.3) is 5.91 Å². The average molecular weight is 221 g/mol. The maximum Gasteiger partial charge on any atom is 0.254 e. The summed E-state index contributed by atoms with van der Waals surface area (Å²) in [6.45, 7) is 9.07. The van der Waals surface area contributed by atoms with Crippen LogP contribution in [-0.4, -0.2) is 11.9 Å². The number of aryl methyl sites for hydroxylation is 1. The number of rotatable bonds is 3. The van der Waals surface area contributed by atoms with Crippen LogP contribution >= 0.6 is 0 Å². The third-order valence-corrected chi connectivity index (χ3v) is 2.24. The van der Waals surface area contributed by atoms with Gasteiger partial charge in [-0.2, -0.15) is 0 Å². The predicted octanol–water partition coefficient (Wildman–Crippen LogP) is 2.92. The maximum atomic E-state index is 13.6. The minimum atomic E-state index is -0.499. The highest BCUT2D eigenvalue weighted by Gasteiger charge is 2.14. The first-order valence-electron chi connectivity index (χ1n) is 5.19. The van der Waals surface area contributed by atoms with Gasteiger partial charge in [0, 0.05) is 6.04 Å². The van der Waals surface area contributed by atoms with Crippen LogP contribution in [0.2, 0.25) is 0 Å². The average Bonchev–Trinajstić information content (AvgIpc) is 2.16. The highest BCUT2D eigenvalue weighted by Crippen LogP contribution is 2.16. The lowest BCUT2D eigenvalue weighted by Gasteiger charge is -2.10. The number of hydrogen-bond acceptors (Lipinski definition) is 1. The Morgan fingerprint density at radius 3 is 2.62 bits per heavy atom. The van der Waals surface area contributed by atoms with Gasteiger partial charge in [-0.15, -0.1) is 0 Å². The molecule has 1 amide bonds. The van der Waals surface area contributed by atoms with Gasteiger partial charge in [0.05, 0.1) is 5.56 Å². The summed E-state index contributed by atoms with van der Waals surface area (Å²) in [5.41, 5.74) is 1.61. The molecule has 0 saturated carbocycles. The molecule has 0 atom stereocenters. The molecule has 3 heteroatoms. The molecule has 1 aromatic carbocycles. The highest BCUT2D eigenvalue weighted by atomic mass is 19.1. The largest absolute Gasteiger partial charge is 0.350 e. The number of nitrogens with one attached hydrogen (secondary N) is 1. The van der Waals surface area contributed by atoms with Gasteiger partial charge in [-0.25, -0.2) is 4.39 Å². The van der Waals surface area contributed by atoms with Crippen molar-refractivity contribution in [2.24, 2.45) is 0 Å². The number of halogens is 1. The number of carbonyl (C=O) groups excluding carboxylic acids is 1. The predicted molar refractivity (Wildman–Crippen MR) is 63.8 cm³/mol. The smallest absolute Gasteiger partial charge is 0.254 e. The topological polar surface area (TPSA) is 29.1 Å². The van der Waals surface area contributed by atoms with E-state index in [0.29, 0.717) is 0 Å². The fraction of sp³-hybridized carbons (Fsp3) is 0.308. The van der Waals surface area contributed by atoms with E-state index >= 15 is 0 Å². The summed E-state index contributed by atoms with van der Waals surface area (Å²) in [6, 6.07) is 2.86. The lowest BCUT2D eigenvalue weighted by atomic mass is 10.0. The molecule has 1 rings (SSSR count). The second kappa shape index (κ2) is 4.92. The first-order valence-corrected chi connectivity index (χ1v) is 5.19. The second-order valence-electron chi connectivity index (χ2n) is 4.02. The molecule has 1 aromatic rings. The summed E-state index contributed by atoms with van der Waals surface area (Å²) in [6.07, 6.45) is 1.61. The molecule has 0 aliphatic rings. The van der Waals surface area contributed by atoms with E-state index in [1.54, 1.807) is 13.0 Å². The van der Waals surface area contributed by atoms with Crippen LogP contribution in [0.5, 0.6) is 0 Å². The van der Waals surface area contributed by atoms with E-state index in [2.05, 4.69) is 11.9 Å². The molecule has 0 spiro atoms. The Kier molecular flexibility index (Phi) is 3.82.